The minimum atomic E-state index is -5.19. The zero-order chi connectivity index (χ0) is 6.08. The van der Waals surface area contributed by atoms with E-state index in [4.69, 9.17) is 9.90 Å². The molecule has 0 aromatic carbocycles. The van der Waals surface area contributed by atoms with Crippen molar-refractivity contribution in [3.8, 4) is 0 Å². The molecule has 0 aromatic rings. The molecule has 0 aliphatic heterocycles. The lowest BCUT2D eigenvalue weighted by Crippen LogP contribution is -2.37. The first kappa shape index (κ1) is 120. The molecule has 14 heteroatoms. The number of carboxylic acid groups (broad SMARTS) is 1. The van der Waals surface area contributed by atoms with E-state index in [0.717, 1.165) is 0 Å². The predicted molar refractivity (Wildman–Crippen MR) is 43.6 cm³/mol. The summed E-state index contributed by atoms with van der Waals surface area (Å²) in [6.07, 6.45) is -5.19. The third kappa shape index (κ3) is 76.1. The van der Waals surface area contributed by atoms with Crippen LogP contribution in [0.5, 0.6) is 0 Å². The number of carbonyl (C=O) groups is 1. The van der Waals surface area contributed by atoms with Crippen LogP contribution in [0.15, 0.2) is 0 Å². The second kappa shape index (κ2) is 37.1. The third-order valence-corrected chi connectivity index (χ3v) is 0.231. The van der Waals surface area contributed by atoms with Crippen LogP contribution < -0.4 is 5.11 Å². The van der Waals surface area contributed by atoms with Gasteiger partial charge >= 0.3 is 6.18 Å². The average Bonchev–Trinajstić information content (AvgIpc) is 1.31. The number of halogens is 3. The lowest BCUT2D eigenvalue weighted by atomic mass is 10.7. The molecule has 0 aliphatic carbocycles. The van der Waals surface area contributed by atoms with Gasteiger partial charge in [-0.2, -0.15) is 13.2 Å². The summed E-state index contributed by atoms with van der Waals surface area (Å²) >= 11 is 0. The molecule has 11 nitrogen and oxygen atoms in total. The number of carboxylic acids is 1. The fourth-order valence-electron chi connectivity index (χ4n) is 0. The zero-order valence-electron chi connectivity index (χ0n) is 7.45. The molecule has 0 saturated heterocycles. The van der Waals surface area contributed by atoms with Crippen molar-refractivity contribution in [2.75, 3.05) is 0 Å². The van der Waals surface area contributed by atoms with E-state index in [2.05, 4.69) is 0 Å². The highest BCUT2D eigenvalue weighted by Crippen LogP contribution is 2.11. The van der Waals surface area contributed by atoms with Crippen molar-refractivity contribution >= 4 is 5.97 Å². The van der Waals surface area contributed by atoms with Crippen LogP contribution in [0.25, 0.3) is 0 Å². The highest BCUT2D eigenvalue weighted by Gasteiger charge is 2.28. The Hall–Kier alpha value is -1.10. The minimum absolute atomic E-state index is 0. The summed E-state index contributed by atoms with van der Waals surface area (Å²) in [4.78, 5) is 8.78. The fourth-order valence-corrected chi connectivity index (χ4v) is 0. The highest BCUT2D eigenvalue weighted by atomic mass is 19.4. The number of aliphatic carboxylic acids is 1. The molecule has 0 atom stereocenters. The monoisotopic (exact) mass is 275 g/mol. The van der Waals surface area contributed by atoms with Gasteiger partial charge in [0.15, 0.2) is 0 Å². The lowest BCUT2D eigenvalue weighted by molar-refractivity contribution is -0.344. The Kier molecular flexibility index (Phi) is 278. The molecule has 0 rings (SSSR count). The van der Waals surface area contributed by atoms with Gasteiger partial charge in [-0.15, -0.1) is 0 Å². The molecule has 16 heavy (non-hydrogen) atoms. The molecule has 0 saturated carbocycles. The Morgan fingerprint density at radius 1 is 0.688 bits per heavy atom. The third-order valence-electron chi connectivity index (χ3n) is 0.231. The maximum atomic E-state index is 10.5. The van der Waals surface area contributed by atoms with Crippen LogP contribution in [0, 0.1) is 0 Å². The topological polar surface area (TPSA) is 324 Å². The van der Waals surface area contributed by atoms with Gasteiger partial charge in [-0.25, -0.2) is 0 Å². The molecule has 0 fully saturated rings. The van der Waals surface area contributed by atoms with Crippen molar-refractivity contribution in [2.45, 2.75) is 6.18 Å². The van der Waals surface area contributed by atoms with Crippen LogP contribution in [-0.4, -0.2) is 61.4 Å². The quantitative estimate of drug-likeness (QED) is 0.415. The number of alkyl halides is 3. The fraction of sp³-hybridized carbons (Fsp3) is 0.500. The summed E-state index contributed by atoms with van der Waals surface area (Å²) in [6, 6.07) is 0. The molecule has 0 radical (unpaired) electrons. The van der Waals surface area contributed by atoms with Gasteiger partial charge in [0.05, 0.1) is 0 Å². The van der Waals surface area contributed by atoms with Crippen molar-refractivity contribution < 1.29 is 72.4 Å². The summed E-state index contributed by atoms with van der Waals surface area (Å²) < 4.78 is 31.5. The molecule has 0 aromatic heterocycles. The van der Waals surface area contributed by atoms with Crippen LogP contribution in [0.3, 0.4) is 0 Å². The largest absolute Gasteiger partial charge is 0.542 e. The smallest absolute Gasteiger partial charge is 0.430 e. The van der Waals surface area contributed by atoms with Crippen molar-refractivity contribution in [1.82, 2.24) is 0 Å². The van der Waals surface area contributed by atoms with Crippen LogP contribution in [0.1, 0.15) is 0 Å². The van der Waals surface area contributed by atoms with Gasteiger partial charge in [-0.05, 0) is 0 Å². The van der Waals surface area contributed by atoms with Crippen molar-refractivity contribution in [3.63, 3.8) is 0 Å². The molecule has 0 spiro atoms. The maximum absolute atomic E-state index is 10.5. The van der Waals surface area contributed by atoms with Gasteiger partial charge in [-0.1, -0.05) is 0 Å². The molecule has 0 aliphatic rings. The molecular formula is C2H18F3O11-. The first-order valence-electron chi connectivity index (χ1n) is 1.23. The number of carbonyl (C=O) groups excluding carboxylic acids is 1. The first-order valence-corrected chi connectivity index (χ1v) is 1.23. The lowest BCUT2D eigenvalue weighted by Gasteiger charge is -2.03. The van der Waals surface area contributed by atoms with Crippen LogP contribution >= 0.6 is 0 Å². The Balaban J connectivity index is -0.00000000500. The summed E-state index contributed by atoms with van der Waals surface area (Å²) in [6.45, 7) is 0. The van der Waals surface area contributed by atoms with E-state index in [0.29, 0.717) is 0 Å². The predicted octanol–water partition coefficient (Wildman–Crippen LogP) is -8.12. The molecule has 0 amide bonds. The number of rotatable bonds is 0. The van der Waals surface area contributed by atoms with Crippen molar-refractivity contribution in [2.24, 2.45) is 0 Å². The van der Waals surface area contributed by atoms with Crippen LogP contribution in [0.4, 0.5) is 13.2 Å². The molecule has 0 heterocycles. The standard InChI is InChI=1S/C2HF3O2.9H2O/c3-2(4,5)1(6)7;;;;;;;;;/h(H,6,7);9*1H2/p-1. The van der Waals surface area contributed by atoms with Crippen LogP contribution in [0.2, 0.25) is 0 Å². The zero-order valence-corrected chi connectivity index (χ0v) is 7.45. The Morgan fingerprint density at radius 2 is 0.750 bits per heavy atom. The van der Waals surface area contributed by atoms with Gasteiger partial charge in [0.2, 0.25) is 0 Å². The number of hydrogen-bond acceptors (Lipinski definition) is 2. The summed E-state index contributed by atoms with van der Waals surface area (Å²) in [5.41, 5.74) is 0. The molecule has 18 N–H and O–H groups in total. The molecule has 0 bridgehead atoms. The van der Waals surface area contributed by atoms with E-state index >= 15 is 0 Å². The summed E-state index contributed by atoms with van der Waals surface area (Å²) in [5.74, 6) is -3.01. The summed E-state index contributed by atoms with van der Waals surface area (Å²) in [5, 5.41) is 8.78. The van der Waals surface area contributed by atoms with E-state index in [1.54, 1.807) is 0 Å². The molecule has 0 unspecified atom stereocenters. The van der Waals surface area contributed by atoms with E-state index in [1.807, 2.05) is 0 Å². The maximum Gasteiger partial charge on any atom is 0.430 e. The molecule has 114 valence electrons. The second-order valence-electron chi connectivity index (χ2n) is 0.785. The van der Waals surface area contributed by atoms with E-state index in [1.165, 1.54) is 0 Å². The summed E-state index contributed by atoms with van der Waals surface area (Å²) in [7, 11) is 0. The molecular weight excluding hydrogens is 257 g/mol. The Morgan fingerprint density at radius 3 is 0.750 bits per heavy atom. The average molecular weight is 275 g/mol. The van der Waals surface area contributed by atoms with Gasteiger partial charge in [-0.3, -0.25) is 0 Å². The van der Waals surface area contributed by atoms with Gasteiger partial charge in [0.1, 0.15) is 5.97 Å². The van der Waals surface area contributed by atoms with E-state index in [9.17, 15) is 13.2 Å². The second-order valence-corrected chi connectivity index (χ2v) is 0.785. The van der Waals surface area contributed by atoms with Crippen LogP contribution in [-0.2, 0) is 4.79 Å². The van der Waals surface area contributed by atoms with Gasteiger partial charge in [0.25, 0.3) is 0 Å². The number of hydrogen-bond donors (Lipinski definition) is 0. The highest BCUT2D eigenvalue weighted by molar-refractivity contribution is 5.70. The normalized spacial score (nSPS) is 4.94. The van der Waals surface area contributed by atoms with Crippen molar-refractivity contribution in [1.29, 1.82) is 0 Å². The Labute approximate surface area is 85.9 Å². The Bertz CT molecular complexity index is 91.7. The van der Waals surface area contributed by atoms with Gasteiger partial charge in [0, 0.05) is 0 Å². The van der Waals surface area contributed by atoms with Gasteiger partial charge < -0.3 is 59.2 Å². The van der Waals surface area contributed by atoms with E-state index < -0.39 is 12.1 Å². The van der Waals surface area contributed by atoms with E-state index in [-0.39, 0.29) is 49.3 Å². The van der Waals surface area contributed by atoms with Crippen molar-refractivity contribution in [3.05, 3.63) is 0 Å². The minimum Gasteiger partial charge on any atom is -0.542 e. The first-order chi connectivity index (χ1) is 2.94. The SMILES string of the molecule is O.O.O.O.O.O.O.O.O.O=C([O-])C(F)(F)F.